The van der Waals surface area contributed by atoms with E-state index in [-0.39, 0.29) is 0 Å². The van der Waals surface area contributed by atoms with Crippen LogP contribution in [0.3, 0.4) is 0 Å². The first-order valence-corrected chi connectivity index (χ1v) is 7.41. The fourth-order valence-corrected chi connectivity index (χ4v) is 3.28. The van der Waals surface area contributed by atoms with E-state index in [9.17, 15) is 0 Å². The summed E-state index contributed by atoms with van der Waals surface area (Å²) in [6.07, 6.45) is 10.4. The van der Waals surface area contributed by atoms with Gasteiger partial charge in [-0.05, 0) is 30.3 Å². The smallest absolute Gasteiger partial charge is 0.0811 e. The maximum absolute atomic E-state index is 4.88. The average molecular weight is 283 g/mol. The Morgan fingerprint density at radius 3 is 2.95 bits per heavy atom. The second kappa shape index (κ2) is 4.28. The molecular formula is C19H13N3. The van der Waals surface area contributed by atoms with Crippen molar-refractivity contribution in [2.75, 3.05) is 0 Å². The van der Waals surface area contributed by atoms with Gasteiger partial charge in [-0.3, -0.25) is 4.98 Å². The van der Waals surface area contributed by atoms with Gasteiger partial charge in [0, 0.05) is 35.1 Å². The van der Waals surface area contributed by atoms with Gasteiger partial charge in [0.1, 0.15) is 0 Å². The molecule has 104 valence electrons. The summed E-state index contributed by atoms with van der Waals surface area (Å²) in [4.78, 5) is 9.37. The van der Waals surface area contributed by atoms with Crippen LogP contribution in [-0.2, 0) is 6.54 Å². The zero-order valence-electron chi connectivity index (χ0n) is 11.9. The molecule has 22 heavy (non-hydrogen) atoms. The Bertz CT molecular complexity index is 1150. The molecule has 1 aromatic carbocycles. The molecule has 0 amide bonds. The lowest BCUT2D eigenvalue weighted by molar-refractivity contribution is 0.787. The number of aromatic nitrogens is 3. The van der Waals surface area contributed by atoms with Gasteiger partial charge < -0.3 is 4.57 Å². The van der Waals surface area contributed by atoms with E-state index in [1.807, 2.05) is 18.3 Å². The van der Waals surface area contributed by atoms with E-state index in [0.717, 1.165) is 28.5 Å². The second-order valence-corrected chi connectivity index (χ2v) is 5.54. The van der Waals surface area contributed by atoms with Gasteiger partial charge in [-0.15, -0.1) is 0 Å². The molecule has 0 saturated heterocycles. The van der Waals surface area contributed by atoms with Gasteiger partial charge in [-0.2, -0.15) is 0 Å². The maximum Gasteiger partial charge on any atom is 0.0811 e. The third kappa shape index (κ3) is 1.51. The lowest BCUT2D eigenvalue weighted by atomic mass is 10.1. The number of hydrogen-bond acceptors (Lipinski definition) is 2. The van der Waals surface area contributed by atoms with Crippen molar-refractivity contribution in [1.82, 2.24) is 14.5 Å². The highest BCUT2D eigenvalue weighted by molar-refractivity contribution is 6.16. The molecule has 1 aliphatic rings. The molecular weight excluding hydrogens is 270 g/mol. The molecule has 0 aliphatic carbocycles. The van der Waals surface area contributed by atoms with Gasteiger partial charge >= 0.3 is 0 Å². The predicted molar refractivity (Wildman–Crippen MR) is 90.2 cm³/mol. The number of rotatable bonds is 0. The van der Waals surface area contributed by atoms with Crippen LogP contribution in [0.25, 0.3) is 38.8 Å². The highest BCUT2D eigenvalue weighted by atomic mass is 14.9. The highest BCUT2D eigenvalue weighted by Gasteiger charge is 2.11. The Labute approximate surface area is 126 Å². The van der Waals surface area contributed by atoms with Crippen LogP contribution in [0.2, 0.25) is 0 Å². The van der Waals surface area contributed by atoms with Crippen molar-refractivity contribution in [3.05, 3.63) is 66.3 Å². The summed E-state index contributed by atoms with van der Waals surface area (Å²) >= 11 is 0. The van der Waals surface area contributed by atoms with Gasteiger partial charge in [-0.1, -0.05) is 24.3 Å². The first-order valence-electron chi connectivity index (χ1n) is 7.41. The first-order chi connectivity index (χ1) is 10.9. The molecule has 0 atom stereocenters. The summed E-state index contributed by atoms with van der Waals surface area (Å²) < 4.78 is 2.26. The molecule has 0 spiro atoms. The average Bonchev–Trinajstić information content (AvgIpc) is 2.78. The van der Waals surface area contributed by atoms with Crippen LogP contribution in [0.5, 0.6) is 0 Å². The van der Waals surface area contributed by atoms with Crippen molar-refractivity contribution >= 4 is 38.8 Å². The Hall–Kier alpha value is -2.94. The molecule has 0 fully saturated rings. The summed E-state index contributed by atoms with van der Waals surface area (Å²) in [5.41, 5.74) is 3.06. The lowest BCUT2D eigenvalue weighted by Gasteiger charge is -2.09. The van der Waals surface area contributed by atoms with Crippen molar-refractivity contribution in [2.24, 2.45) is 0 Å². The Morgan fingerprint density at radius 1 is 0.955 bits per heavy atom. The minimum atomic E-state index is 0.915. The van der Waals surface area contributed by atoms with Crippen LogP contribution in [0.1, 0.15) is 0 Å². The van der Waals surface area contributed by atoms with Crippen LogP contribution in [-0.4, -0.2) is 14.5 Å². The number of hydrogen-bond donors (Lipinski definition) is 0. The van der Waals surface area contributed by atoms with Gasteiger partial charge in [-0.25, -0.2) is 4.98 Å². The zero-order chi connectivity index (χ0) is 14.5. The van der Waals surface area contributed by atoms with Crippen molar-refractivity contribution in [3.8, 4) is 0 Å². The molecule has 3 heteroatoms. The summed E-state index contributed by atoms with van der Waals surface area (Å²) in [5.74, 6) is 0. The van der Waals surface area contributed by atoms with Crippen LogP contribution in [0, 0.1) is 0 Å². The molecule has 3 nitrogen and oxygen atoms in total. The van der Waals surface area contributed by atoms with Crippen molar-refractivity contribution in [1.29, 1.82) is 0 Å². The van der Waals surface area contributed by atoms with E-state index in [1.165, 1.54) is 16.1 Å². The van der Waals surface area contributed by atoms with E-state index in [0.29, 0.717) is 0 Å². The predicted octanol–water partition coefficient (Wildman–Crippen LogP) is 3.37. The van der Waals surface area contributed by atoms with Gasteiger partial charge in [0.15, 0.2) is 0 Å². The zero-order valence-corrected chi connectivity index (χ0v) is 11.9. The summed E-state index contributed by atoms with van der Waals surface area (Å²) in [6, 6.07) is 12.4. The lowest BCUT2D eigenvalue weighted by Crippen LogP contribution is -2.21. The van der Waals surface area contributed by atoms with Crippen molar-refractivity contribution < 1.29 is 0 Å². The number of pyridine rings is 1. The van der Waals surface area contributed by atoms with Crippen LogP contribution < -0.4 is 5.35 Å². The molecule has 0 unspecified atom stereocenters. The summed E-state index contributed by atoms with van der Waals surface area (Å²) in [7, 11) is 0. The van der Waals surface area contributed by atoms with E-state index >= 15 is 0 Å². The van der Waals surface area contributed by atoms with E-state index in [4.69, 9.17) is 4.98 Å². The van der Waals surface area contributed by atoms with Crippen molar-refractivity contribution in [3.63, 3.8) is 0 Å². The number of allylic oxidation sites excluding steroid dienone is 2. The van der Waals surface area contributed by atoms with E-state index in [1.54, 1.807) is 0 Å². The van der Waals surface area contributed by atoms with E-state index < -0.39 is 0 Å². The van der Waals surface area contributed by atoms with Gasteiger partial charge in [0.2, 0.25) is 0 Å². The summed E-state index contributed by atoms with van der Waals surface area (Å²) in [6.45, 7) is 0.915. The minimum absolute atomic E-state index is 0.915. The summed E-state index contributed by atoms with van der Waals surface area (Å²) in [5, 5.41) is 4.76. The quantitative estimate of drug-likeness (QED) is 0.495. The molecule has 4 heterocycles. The highest BCUT2D eigenvalue weighted by Crippen LogP contribution is 2.28. The number of benzene rings is 1. The fourth-order valence-electron chi connectivity index (χ4n) is 3.28. The first kappa shape index (κ1) is 11.7. The Kier molecular flexibility index (Phi) is 2.27. The van der Waals surface area contributed by atoms with Gasteiger partial charge in [0.25, 0.3) is 0 Å². The number of nitrogens with zero attached hydrogens (tertiary/aromatic N) is 3. The molecule has 0 saturated carbocycles. The Balaban J connectivity index is 2.08. The van der Waals surface area contributed by atoms with E-state index in [2.05, 4.69) is 58.2 Å². The molecule has 3 aromatic heterocycles. The SMILES string of the molecule is C1=CCn2ccc3nc4c5ccccnc5ccc4c3c2=C1. The fraction of sp³-hybridized carbons (Fsp3) is 0.0526. The number of fused-ring (bicyclic) bond motifs is 7. The molecule has 0 bridgehead atoms. The third-order valence-corrected chi connectivity index (χ3v) is 4.30. The minimum Gasteiger partial charge on any atom is -0.344 e. The molecule has 5 rings (SSSR count). The van der Waals surface area contributed by atoms with Gasteiger partial charge in [0.05, 0.1) is 21.9 Å². The van der Waals surface area contributed by atoms with Crippen LogP contribution in [0.15, 0.2) is 60.9 Å². The molecule has 4 aromatic rings. The largest absolute Gasteiger partial charge is 0.344 e. The third-order valence-electron chi connectivity index (χ3n) is 4.30. The standard InChI is InChI=1S/C19H13N3/c1-3-10-20-15-8-7-14-18-16(21-19(14)13(15)5-1)9-12-22-11-4-2-6-17(18)22/h1-10,12H,11H2. The monoisotopic (exact) mass is 283 g/mol. The van der Waals surface area contributed by atoms with Crippen LogP contribution >= 0.6 is 0 Å². The molecule has 1 aliphatic heterocycles. The maximum atomic E-state index is 4.88. The normalized spacial score (nSPS) is 13.5. The topological polar surface area (TPSA) is 30.7 Å². The molecule has 0 N–H and O–H groups in total. The second-order valence-electron chi connectivity index (χ2n) is 5.54. The Morgan fingerprint density at radius 2 is 1.95 bits per heavy atom. The molecule has 0 radical (unpaired) electrons. The van der Waals surface area contributed by atoms with Crippen molar-refractivity contribution in [2.45, 2.75) is 6.54 Å². The van der Waals surface area contributed by atoms with Crippen LogP contribution in [0.4, 0.5) is 0 Å².